The van der Waals surface area contributed by atoms with E-state index in [1.165, 1.54) is 5.82 Å². The molecule has 0 amide bonds. The van der Waals surface area contributed by atoms with Gasteiger partial charge in [0.05, 0.1) is 5.92 Å². The number of rotatable bonds is 7. The highest BCUT2D eigenvalue weighted by atomic mass is 31.2. The molecule has 1 atom stereocenters. The standard InChI is InChI=1S/C13H21O6P/c14-12(15)7-6-11(13(16)17)9-20(18,19)8-10-4-2-1-3-5-10/h8,11,18-19H,1-7,9H2,(H-,14,15,16,17)/p+1. The van der Waals surface area contributed by atoms with Gasteiger partial charge in [0.2, 0.25) is 0 Å². The molecule has 1 aliphatic rings. The quantitative estimate of drug-likeness (QED) is 0.536. The summed E-state index contributed by atoms with van der Waals surface area (Å²) in [6, 6.07) is 0. The minimum Gasteiger partial charge on any atom is -0.481 e. The van der Waals surface area contributed by atoms with Gasteiger partial charge < -0.3 is 10.2 Å². The summed E-state index contributed by atoms with van der Waals surface area (Å²) in [5.74, 6) is -1.85. The van der Waals surface area contributed by atoms with E-state index in [2.05, 4.69) is 0 Å². The molecule has 0 heterocycles. The molecular weight excluding hydrogens is 283 g/mol. The molecule has 1 rings (SSSR count). The van der Waals surface area contributed by atoms with Gasteiger partial charge in [-0.1, -0.05) is 6.42 Å². The van der Waals surface area contributed by atoms with Crippen LogP contribution in [0.4, 0.5) is 0 Å². The number of carboxylic acid groups (broad SMARTS) is 2. The van der Waals surface area contributed by atoms with E-state index >= 15 is 0 Å². The number of carboxylic acids is 2. The topological polar surface area (TPSA) is 115 Å². The van der Waals surface area contributed by atoms with Crippen molar-refractivity contribution in [2.75, 3.05) is 6.16 Å². The Morgan fingerprint density at radius 1 is 1.15 bits per heavy atom. The molecule has 0 aliphatic heterocycles. The van der Waals surface area contributed by atoms with Crippen LogP contribution in [0.5, 0.6) is 0 Å². The van der Waals surface area contributed by atoms with Crippen LogP contribution >= 0.6 is 7.72 Å². The molecule has 4 N–H and O–H groups in total. The minimum atomic E-state index is -3.42. The molecule has 0 bridgehead atoms. The van der Waals surface area contributed by atoms with Gasteiger partial charge in [0.1, 0.15) is 12.0 Å². The van der Waals surface area contributed by atoms with Gasteiger partial charge in [-0.3, -0.25) is 9.59 Å². The molecule has 0 aromatic rings. The Kier molecular flexibility index (Phi) is 6.59. The highest BCUT2D eigenvalue weighted by Crippen LogP contribution is 2.55. The maximum atomic E-state index is 11.1. The molecular formula is C13H22O6P+. The second kappa shape index (κ2) is 7.72. The molecule has 6 nitrogen and oxygen atoms in total. The first-order valence-electron chi connectivity index (χ1n) is 6.78. The first kappa shape index (κ1) is 17.1. The van der Waals surface area contributed by atoms with Gasteiger partial charge in [0, 0.05) is 6.42 Å². The largest absolute Gasteiger partial charge is 0.481 e. The van der Waals surface area contributed by atoms with Gasteiger partial charge in [-0.2, -0.15) is 0 Å². The molecule has 1 saturated carbocycles. The van der Waals surface area contributed by atoms with Crippen molar-refractivity contribution in [2.24, 2.45) is 5.92 Å². The van der Waals surface area contributed by atoms with E-state index in [9.17, 15) is 19.4 Å². The number of carbonyl (C=O) groups is 2. The van der Waals surface area contributed by atoms with Crippen molar-refractivity contribution in [2.45, 2.75) is 44.9 Å². The summed E-state index contributed by atoms with van der Waals surface area (Å²) >= 11 is 0. The lowest BCUT2D eigenvalue weighted by molar-refractivity contribution is -0.142. The van der Waals surface area contributed by atoms with Crippen molar-refractivity contribution in [3.05, 3.63) is 11.4 Å². The van der Waals surface area contributed by atoms with E-state index in [0.29, 0.717) is 0 Å². The van der Waals surface area contributed by atoms with Gasteiger partial charge in [-0.15, -0.1) is 0 Å². The predicted octanol–water partition coefficient (Wildman–Crippen LogP) is 2.23. The summed E-state index contributed by atoms with van der Waals surface area (Å²) in [5, 5.41) is 17.6. The van der Waals surface area contributed by atoms with Crippen molar-refractivity contribution in [1.82, 2.24) is 0 Å². The Balaban J connectivity index is 2.64. The van der Waals surface area contributed by atoms with E-state index in [1.807, 2.05) is 0 Å². The third-order valence-electron chi connectivity index (χ3n) is 3.43. The molecule has 0 saturated heterocycles. The fraction of sp³-hybridized carbons (Fsp3) is 0.692. The van der Waals surface area contributed by atoms with Gasteiger partial charge >= 0.3 is 11.9 Å². The van der Waals surface area contributed by atoms with E-state index < -0.39 is 25.6 Å². The van der Waals surface area contributed by atoms with Crippen LogP contribution in [0.2, 0.25) is 0 Å². The number of hydrogen-bond acceptors (Lipinski definition) is 4. The Morgan fingerprint density at radius 2 is 1.75 bits per heavy atom. The second-order valence-electron chi connectivity index (χ2n) is 5.28. The van der Waals surface area contributed by atoms with Gasteiger partial charge in [0.25, 0.3) is 7.72 Å². The van der Waals surface area contributed by atoms with Crippen LogP contribution in [0, 0.1) is 5.92 Å². The lowest BCUT2D eigenvalue weighted by Gasteiger charge is -2.17. The zero-order valence-electron chi connectivity index (χ0n) is 11.4. The fourth-order valence-corrected chi connectivity index (χ4v) is 4.33. The molecule has 0 spiro atoms. The van der Waals surface area contributed by atoms with Gasteiger partial charge in [-0.05, 0) is 37.7 Å². The lowest BCUT2D eigenvalue weighted by Crippen LogP contribution is -2.20. The van der Waals surface area contributed by atoms with E-state index in [1.54, 1.807) is 0 Å². The molecule has 1 aliphatic carbocycles. The van der Waals surface area contributed by atoms with Crippen molar-refractivity contribution in [3.63, 3.8) is 0 Å². The van der Waals surface area contributed by atoms with Crippen molar-refractivity contribution >= 4 is 19.7 Å². The third-order valence-corrected chi connectivity index (χ3v) is 5.19. The molecule has 7 heteroatoms. The molecule has 0 radical (unpaired) electrons. The number of allylic oxidation sites excluding steroid dienone is 1. The lowest BCUT2D eigenvalue weighted by atomic mass is 9.96. The Morgan fingerprint density at radius 3 is 2.25 bits per heavy atom. The molecule has 20 heavy (non-hydrogen) atoms. The van der Waals surface area contributed by atoms with Crippen LogP contribution in [-0.4, -0.2) is 38.1 Å². The molecule has 0 aromatic carbocycles. The zero-order valence-corrected chi connectivity index (χ0v) is 12.3. The van der Waals surface area contributed by atoms with Crippen molar-refractivity contribution in [1.29, 1.82) is 0 Å². The highest BCUT2D eigenvalue weighted by Gasteiger charge is 2.38. The van der Waals surface area contributed by atoms with Crippen LogP contribution in [0.1, 0.15) is 44.9 Å². The average molecular weight is 305 g/mol. The minimum absolute atomic E-state index is 0.0866. The van der Waals surface area contributed by atoms with Gasteiger partial charge in [-0.25, -0.2) is 9.79 Å². The highest BCUT2D eigenvalue weighted by molar-refractivity contribution is 7.67. The van der Waals surface area contributed by atoms with Crippen molar-refractivity contribution in [3.8, 4) is 0 Å². The molecule has 0 aromatic heterocycles. The smallest absolute Gasteiger partial charge is 0.310 e. The summed E-state index contributed by atoms with van der Waals surface area (Å²) in [6.45, 7) is 0. The van der Waals surface area contributed by atoms with Crippen LogP contribution < -0.4 is 0 Å². The van der Waals surface area contributed by atoms with Crippen LogP contribution in [0.3, 0.4) is 0 Å². The monoisotopic (exact) mass is 305 g/mol. The van der Waals surface area contributed by atoms with Crippen LogP contribution in [-0.2, 0) is 9.59 Å². The van der Waals surface area contributed by atoms with Gasteiger partial charge in [0.15, 0.2) is 0 Å². The molecule has 1 unspecified atom stereocenters. The average Bonchev–Trinajstić information content (AvgIpc) is 2.34. The molecule has 1 fully saturated rings. The zero-order chi connectivity index (χ0) is 15.2. The first-order valence-corrected chi connectivity index (χ1v) is 8.73. The predicted molar refractivity (Wildman–Crippen MR) is 75.4 cm³/mol. The SMILES string of the molecule is O=C(O)CCC(C[P+](O)(O)C=C1CCCCC1)C(=O)O. The van der Waals surface area contributed by atoms with Crippen molar-refractivity contribution < 1.29 is 29.6 Å². The van der Waals surface area contributed by atoms with Crippen LogP contribution in [0.15, 0.2) is 11.4 Å². The van der Waals surface area contributed by atoms with E-state index in [0.717, 1.165) is 37.7 Å². The maximum Gasteiger partial charge on any atom is 0.310 e. The Bertz CT molecular complexity index is 382. The maximum absolute atomic E-state index is 11.1. The van der Waals surface area contributed by atoms with Crippen LogP contribution in [0.25, 0.3) is 0 Å². The summed E-state index contributed by atoms with van der Waals surface area (Å²) in [6.07, 6.45) is 4.19. The summed E-state index contributed by atoms with van der Waals surface area (Å²) in [5.41, 5.74) is 0.983. The Labute approximate surface area is 118 Å². The first-order chi connectivity index (χ1) is 9.30. The fourth-order valence-electron chi connectivity index (χ4n) is 2.40. The summed E-state index contributed by atoms with van der Waals surface area (Å²) in [4.78, 5) is 41.6. The summed E-state index contributed by atoms with van der Waals surface area (Å²) in [7, 11) is -3.42. The number of hydrogen-bond donors (Lipinski definition) is 4. The molecule has 114 valence electrons. The Hall–Kier alpha value is -0.970. The third kappa shape index (κ3) is 6.46. The van der Waals surface area contributed by atoms with E-state index in [4.69, 9.17) is 10.2 Å². The summed E-state index contributed by atoms with van der Waals surface area (Å²) < 4.78 is 0. The van der Waals surface area contributed by atoms with E-state index in [-0.39, 0.29) is 19.0 Å². The number of aliphatic carboxylic acids is 2. The second-order valence-corrected chi connectivity index (χ2v) is 7.48. The normalized spacial score (nSPS) is 17.6.